The van der Waals surface area contributed by atoms with Gasteiger partial charge in [0.2, 0.25) is 0 Å². The van der Waals surface area contributed by atoms with Crippen molar-refractivity contribution in [3.63, 3.8) is 0 Å². The van der Waals surface area contributed by atoms with Gasteiger partial charge in [-0.2, -0.15) is 5.26 Å². The zero-order valence-corrected chi connectivity index (χ0v) is 10.9. The number of hydrogen-bond donors (Lipinski definition) is 1. The molecule has 1 aliphatic carbocycles. The van der Waals surface area contributed by atoms with E-state index >= 15 is 0 Å². The number of nitriles is 1. The van der Waals surface area contributed by atoms with Crippen molar-refractivity contribution < 1.29 is 4.74 Å². The lowest BCUT2D eigenvalue weighted by molar-refractivity contribution is 0.312. The van der Waals surface area contributed by atoms with E-state index in [1.807, 2.05) is 12.1 Å². The minimum atomic E-state index is 0.556. The fourth-order valence-electron chi connectivity index (χ4n) is 1.94. The number of unbranched alkanes of at least 4 members (excludes halogenated alkanes) is 1. The Morgan fingerprint density at radius 3 is 3.06 bits per heavy atom. The summed E-state index contributed by atoms with van der Waals surface area (Å²) in [4.78, 5) is 0. The first-order valence-corrected chi connectivity index (χ1v) is 6.61. The topological polar surface area (TPSA) is 45.0 Å². The maximum Gasteiger partial charge on any atom is 0.119 e. The van der Waals surface area contributed by atoms with Crippen LogP contribution in [0.3, 0.4) is 0 Å². The number of hydrogen-bond acceptors (Lipinski definition) is 3. The minimum absolute atomic E-state index is 0.556. The molecule has 0 radical (unpaired) electrons. The van der Waals surface area contributed by atoms with E-state index in [1.54, 1.807) is 0 Å². The fourth-order valence-corrected chi connectivity index (χ4v) is 1.94. The molecule has 96 valence electrons. The van der Waals surface area contributed by atoms with Crippen LogP contribution in [-0.2, 0) is 6.54 Å². The monoisotopic (exact) mass is 244 g/mol. The summed E-state index contributed by atoms with van der Waals surface area (Å²) >= 11 is 0. The van der Waals surface area contributed by atoms with Crippen LogP contribution in [-0.4, -0.2) is 12.6 Å². The first kappa shape index (κ1) is 12.9. The summed E-state index contributed by atoms with van der Waals surface area (Å²) in [7, 11) is 0. The summed E-state index contributed by atoms with van der Waals surface area (Å²) in [6.07, 6.45) is 2.64. The Morgan fingerprint density at radius 2 is 2.33 bits per heavy atom. The highest BCUT2D eigenvalue weighted by molar-refractivity contribution is 5.28. The van der Waals surface area contributed by atoms with Crippen LogP contribution in [0.4, 0.5) is 0 Å². The van der Waals surface area contributed by atoms with Crippen molar-refractivity contribution in [1.29, 1.82) is 5.26 Å². The lowest BCUT2D eigenvalue weighted by Crippen LogP contribution is -2.16. The van der Waals surface area contributed by atoms with E-state index in [4.69, 9.17) is 10.00 Å². The van der Waals surface area contributed by atoms with Crippen LogP contribution in [0.25, 0.3) is 0 Å². The lowest BCUT2D eigenvalue weighted by atomic mass is 10.2. The van der Waals surface area contributed by atoms with Crippen molar-refractivity contribution in [2.24, 2.45) is 5.92 Å². The molecule has 1 aromatic carbocycles. The Labute approximate surface area is 109 Å². The molecule has 0 spiro atoms. The normalized spacial score (nSPS) is 21.3. The van der Waals surface area contributed by atoms with Gasteiger partial charge in [-0.3, -0.25) is 0 Å². The van der Waals surface area contributed by atoms with Crippen molar-refractivity contribution in [1.82, 2.24) is 5.32 Å². The number of rotatable bonds is 7. The van der Waals surface area contributed by atoms with Crippen LogP contribution < -0.4 is 10.1 Å². The molecule has 0 amide bonds. The van der Waals surface area contributed by atoms with E-state index in [1.165, 1.54) is 12.0 Å². The van der Waals surface area contributed by atoms with Gasteiger partial charge in [-0.05, 0) is 36.5 Å². The number of nitrogens with zero attached hydrogens (tertiary/aromatic N) is 1. The van der Waals surface area contributed by atoms with Crippen molar-refractivity contribution >= 4 is 0 Å². The molecular formula is C15H20N2O. The number of ether oxygens (including phenoxy) is 1. The van der Waals surface area contributed by atoms with Gasteiger partial charge >= 0.3 is 0 Å². The zero-order chi connectivity index (χ0) is 12.8. The van der Waals surface area contributed by atoms with Gasteiger partial charge in [0, 0.05) is 19.0 Å². The number of benzene rings is 1. The second-order valence-corrected chi connectivity index (χ2v) is 4.96. The Bertz CT molecular complexity index is 425. The smallest absolute Gasteiger partial charge is 0.119 e. The van der Waals surface area contributed by atoms with Crippen molar-refractivity contribution in [3.8, 4) is 11.8 Å². The van der Waals surface area contributed by atoms with Crippen LogP contribution in [0, 0.1) is 17.2 Å². The molecule has 2 unspecified atom stereocenters. The average molecular weight is 244 g/mol. The summed E-state index contributed by atoms with van der Waals surface area (Å²) in [5, 5.41) is 12.0. The molecule has 3 nitrogen and oxygen atoms in total. The molecule has 2 atom stereocenters. The SMILES string of the molecule is CC1CC1NCc1cccc(OCCCC#N)c1. The highest BCUT2D eigenvalue weighted by Gasteiger charge is 2.31. The first-order chi connectivity index (χ1) is 8.79. The van der Waals surface area contributed by atoms with E-state index in [0.717, 1.165) is 24.6 Å². The molecule has 1 saturated carbocycles. The average Bonchev–Trinajstić information content (AvgIpc) is 3.09. The number of nitrogens with one attached hydrogen (secondary N) is 1. The molecular weight excluding hydrogens is 224 g/mol. The standard InChI is InChI=1S/C15H20N2O/c1-12-9-15(12)17-11-13-5-4-6-14(10-13)18-8-3-2-7-16/h4-6,10,12,15,17H,2-3,8-9,11H2,1H3. The van der Waals surface area contributed by atoms with Crippen molar-refractivity contribution in [2.75, 3.05) is 6.61 Å². The Hall–Kier alpha value is -1.53. The van der Waals surface area contributed by atoms with Crippen LogP contribution in [0.2, 0.25) is 0 Å². The van der Waals surface area contributed by atoms with Gasteiger partial charge < -0.3 is 10.1 Å². The van der Waals surface area contributed by atoms with E-state index in [0.29, 0.717) is 19.1 Å². The van der Waals surface area contributed by atoms with Crippen LogP contribution >= 0.6 is 0 Å². The van der Waals surface area contributed by atoms with E-state index in [-0.39, 0.29) is 0 Å². The van der Waals surface area contributed by atoms with Gasteiger partial charge in [0.15, 0.2) is 0 Å². The van der Waals surface area contributed by atoms with Crippen molar-refractivity contribution in [2.45, 2.75) is 38.8 Å². The third-order valence-corrected chi connectivity index (χ3v) is 3.28. The van der Waals surface area contributed by atoms with E-state index in [2.05, 4.69) is 30.4 Å². The van der Waals surface area contributed by atoms with E-state index < -0.39 is 0 Å². The Balaban J connectivity index is 1.75. The maximum atomic E-state index is 8.44. The van der Waals surface area contributed by atoms with Gasteiger partial charge in [0.05, 0.1) is 12.7 Å². The summed E-state index contributed by atoms with van der Waals surface area (Å²) < 4.78 is 5.61. The van der Waals surface area contributed by atoms with Gasteiger partial charge in [0.1, 0.15) is 5.75 Å². The quantitative estimate of drug-likeness (QED) is 0.750. The Kier molecular flexibility index (Phi) is 4.60. The molecule has 1 N–H and O–H groups in total. The van der Waals surface area contributed by atoms with Gasteiger partial charge in [-0.1, -0.05) is 19.1 Å². The zero-order valence-electron chi connectivity index (χ0n) is 10.9. The summed E-state index contributed by atoms with van der Waals surface area (Å²) in [6.45, 7) is 3.79. The van der Waals surface area contributed by atoms with Crippen LogP contribution in [0.1, 0.15) is 31.7 Å². The van der Waals surface area contributed by atoms with Gasteiger partial charge in [0.25, 0.3) is 0 Å². The second kappa shape index (κ2) is 6.42. The molecule has 0 aromatic heterocycles. The molecule has 18 heavy (non-hydrogen) atoms. The van der Waals surface area contributed by atoms with Crippen LogP contribution in [0.15, 0.2) is 24.3 Å². The predicted octanol–water partition coefficient (Wildman–Crippen LogP) is 2.87. The summed E-state index contributed by atoms with van der Waals surface area (Å²) in [5.41, 5.74) is 1.26. The van der Waals surface area contributed by atoms with Gasteiger partial charge in [-0.15, -0.1) is 0 Å². The molecule has 1 fully saturated rings. The molecule has 3 heteroatoms. The van der Waals surface area contributed by atoms with E-state index in [9.17, 15) is 0 Å². The minimum Gasteiger partial charge on any atom is -0.494 e. The predicted molar refractivity (Wildman–Crippen MR) is 71.2 cm³/mol. The van der Waals surface area contributed by atoms with Crippen LogP contribution in [0.5, 0.6) is 5.75 Å². The third kappa shape index (κ3) is 4.05. The lowest BCUT2D eigenvalue weighted by Gasteiger charge is -2.08. The van der Waals surface area contributed by atoms with Gasteiger partial charge in [-0.25, -0.2) is 0 Å². The molecule has 1 aromatic rings. The first-order valence-electron chi connectivity index (χ1n) is 6.61. The second-order valence-electron chi connectivity index (χ2n) is 4.96. The maximum absolute atomic E-state index is 8.44. The molecule has 1 aliphatic rings. The molecule has 0 heterocycles. The highest BCUT2D eigenvalue weighted by Crippen LogP contribution is 2.29. The molecule has 0 aliphatic heterocycles. The fraction of sp³-hybridized carbons (Fsp3) is 0.533. The molecule has 2 rings (SSSR count). The summed E-state index contributed by atoms with van der Waals surface area (Å²) in [5.74, 6) is 1.73. The molecule has 0 saturated heterocycles. The largest absolute Gasteiger partial charge is 0.494 e. The Morgan fingerprint density at radius 1 is 1.50 bits per heavy atom. The molecule has 0 bridgehead atoms. The van der Waals surface area contributed by atoms with Crippen molar-refractivity contribution in [3.05, 3.63) is 29.8 Å². The third-order valence-electron chi connectivity index (χ3n) is 3.28. The highest BCUT2D eigenvalue weighted by atomic mass is 16.5. The summed E-state index contributed by atoms with van der Waals surface area (Å²) in [6, 6.07) is 11.0.